The molecule has 0 spiro atoms. The molecule has 0 atom stereocenters. The SMILES string of the molecule is N=C(N)c1cccc(OCCCN=C(N)c2ccccc2)c1. The molecule has 0 heterocycles. The minimum Gasteiger partial charge on any atom is -0.494 e. The van der Waals surface area contributed by atoms with Gasteiger partial charge >= 0.3 is 0 Å². The highest BCUT2D eigenvalue weighted by Gasteiger charge is 2.00. The topological polar surface area (TPSA) is 97.5 Å². The lowest BCUT2D eigenvalue weighted by Gasteiger charge is -2.07. The second-order valence-electron chi connectivity index (χ2n) is 4.78. The Bertz CT molecular complexity index is 653. The van der Waals surface area contributed by atoms with E-state index in [0.29, 0.717) is 30.3 Å². The van der Waals surface area contributed by atoms with E-state index in [9.17, 15) is 0 Å². The van der Waals surface area contributed by atoms with Crippen molar-refractivity contribution in [2.24, 2.45) is 16.5 Å². The highest BCUT2D eigenvalue weighted by Crippen LogP contribution is 2.13. The monoisotopic (exact) mass is 296 g/mol. The van der Waals surface area contributed by atoms with E-state index in [1.54, 1.807) is 12.1 Å². The van der Waals surface area contributed by atoms with Crippen molar-refractivity contribution in [1.29, 1.82) is 5.41 Å². The van der Waals surface area contributed by atoms with E-state index in [-0.39, 0.29) is 5.84 Å². The van der Waals surface area contributed by atoms with Gasteiger partial charge in [-0.2, -0.15) is 0 Å². The average molecular weight is 296 g/mol. The summed E-state index contributed by atoms with van der Waals surface area (Å²) in [5, 5.41) is 7.39. The van der Waals surface area contributed by atoms with Crippen LogP contribution in [0.15, 0.2) is 59.6 Å². The molecule has 2 rings (SSSR count). The number of rotatable bonds is 7. The Balaban J connectivity index is 1.78. The molecule has 5 N–H and O–H groups in total. The van der Waals surface area contributed by atoms with Crippen LogP contribution in [0.2, 0.25) is 0 Å². The number of nitrogens with zero attached hydrogens (tertiary/aromatic N) is 1. The van der Waals surface area contributed by atoms with Crippen molar-refractivity contribution >= 4 is 11.7 Å². The first-order valence-electron chi connectivity index (χ1n) is 7.09. The van der Waals surface area contributed by atoms with E-state index in [2.05, 4.69) is 4.99 Å². The minimum absolute atomic E-state index is 0.0330. The lowest BCUT2D eigenvalue weighted by atomic mass is 10.2. The van der Waals surface area contributed by atoms with Gasteiger partial charge in [0, 0.05) is 24.1 Å². The summed E-state index contributed by atoms with van der Waals surface area (Å²) in [7, 11) is 0. The van der Waals surface area contributed by atoms with Crippen LogP contribution in [-0.2, 0) is 0 Å². The van der Waals surface area contributed by atoms with Crippen LogP contribution in [0.1, 0.15) is 17.5 Å². The van der Waals surface area contributed by atoms with Crippen molar-refractivity contribution in [3.8, 4) is 5.75 Å². The third-order valence-corrected chi connectivity index (χ3v) is 3.07. The zero-order chi connectivity index (χ0) is 15.8. The summed E-state index contributed by atoms with van der Waals surface area (Å²) >= 11 is 0. The van der Waals surface area contributed by atoms with Crippen molar-refractivity contribution < 1.29 is 4.74 Å². The maximum atomic E-state index is 7.39. The Hall–Kier alpha value is -2.82. The first kappa shape index (κ1) is 15.6. The first-order chi connectivity index (χ1) is 10.7. The van der Waals surface area contributed by atoms with Crippen molar-refractivity contribution in [2.45, 2.75) is 6.42 Å². The van der Waals surface area contributed by atoms with Gasteiger partial charge in [0.25, 0.3) is 0 Å². The lowest BCUT2D eigenvalue weighted by Crippen LogP contribution is -2.14. The number of nitrogens with two attached hydrogens (primary N) is 2. The van der Waals surface area contributed by atoms with Crippen LogP contribution in [0.25, 0.3) is 0 Å². The van der Waals surface area contributed by atoms with Crippen molar-refractivity contribution in [3.63, 3.8) is 0 Å². The van der Waals surface area contributed by atoms with Gasteiger partial charge < -0.3 is 16.2 Å². The van der Waals surface area contributed by atoms with Crippen LogP contribution >= 0.6 is 0 Å². The highest BCUT2D eigenvalue weighted by molar-refractivity contribution is 5.97. The van der Waals surface area contributed by atoms with Gasteiger partial charge in [0.05, 0.1) is 6.61 Å². The van der Waals surface area contributed by atoms with Crippen LogP contribution < -0.4 is 16.2 Å². The summed E-state index contributed by atoms with van der Waals surface area (Å²) in [6.45, 7) is 1.14. The summed E-state index contributed by atoms with van der Waals surface area (Å²) in [4.78, 5) is 4.33. The van der Waals surface area contributed by atoms with E-state index < -0.39 is 0 Å². The van der Waals surface area contributed by atoms with E-state index in [4.69, 9.17) is 21.6 Å². The molecular formula is C17H20N4O. The molecule has 0 fully saturated rings. The fraction of sp³-hybridized carbons (Fsp3) is 0.176. The minimum atomic E-state index is 0.0330. The molecule has 0 unspecified atom stereocenters. The molecular weight excluding hydrogens is 276 g/mol. The van der Waals surface area contributed by atoms with Crippen molar-refractivity contribution in [3.05, 3.63) is 65.7 Å². The van der Waals surface area contributed by atoms with Crippen LogP contribution in [-0.4, -0.2) is 24.8 Å². The molecule has 22 heavy (non-hydrogen) atoms. The van der Waals surface area contributed by atoms with Gasteiger partial charge in [-0.3, -0.25) is 10.4 Å². The number of ether oxygens (including phenoxy) is 1. The first-order valence-corrected chi connectivity index (χ1v) is 7.09. The summed E-state index contributed by atoms with van der Waals surface area (Å²) in [6.07, 6.45) is 0.762. The molecule has 0 saturated heterocycles. The van der Waals surface area contributed by atoms with Gasteiger partial charge in [0.15, 0.2) is 0 Å². The molecule has 5 nitrogen and oxygen atoms in total. The molecule has 0 aliphatic carbocycles. The van der Waals surface area contributed by atoms with E-state index in [1.165, 1.54) is 0 Å². The van der Waals surface area contributed by atoms with Crippen molar-refractivity contribution in [2.75, 3.05) is 13.2 Å². The van der Waals surface area contributed by atoms with Crippen LogP contribution in [0.3, 0.4) is 0 Å². The maximum Gasteiger partial charge on any atom is 0.125 e. The Morgan fingerprint density at radius 2 is 1.73 bits per heavy atom. The fourth-order valence-electron chi connectivity index (χ4n) is 1.91. The number of benzene rings is 2. The largest absolute Gasteiger partial charge is 0.494 e. The quantitative estimate of drug-likeness (QED) is 0.415. The Kier molecular flexibility index (Phi) is 5.54. The van der Waals surface area contributed by atoms with Gasteiger partial charge in [-0.05, 0) is 12.1 Å². The number of amidine groups is 2. The van der Waals surface area contributed by atoms with Crippen LogP contribution in [0, 0.1) is 5.41 Å². The fourth-order valence-corrected chi connectivity index (χ4v) is 1.91. The molecule has 0 bridgehead atoms. The highest BCUT2D eigenvalue weighted by atomic mass is 16.5. The molecule has 5 heteroatoms. The zero-order valence-corrected chi connectivity index (χ0v) is 12.3. The van der Waals surface area contributed by atoms with E-state index in [1.807, 2.05) is 42.5 Å². The number of hydrogen-bond acceptors (Lipinski definition) is 3. The third kappa shape index (κ3) is 4.63. The maximum absolute atomic E-state index is 7.39. The number of aliphatic imine (C=N–C) groups is 1. The summed E-state index contributed by atoms with van der Waals surface area (Å²) < 4.78 is 5.62. The number of hydrogen-bond donors (Lipinski definition) is 3. The van der Waals surface area contributed by atoms with Gasteiger partial charge in [-0.1, -0.05) is 42.5 Å². The molecule has 0 saturated carbocycles. The van der Waals surface area contributed by atoms with Gasteiger partial charge in [0.2, 0.25) is 0 Å². The summed E-state index contributed by atoms with van der Waals surface area (Å²) in [5.74, 6) is 1.28. The molecule has 114 valence electrons. The number of nitrogens with one attached hydrogen (secondary N) is 1. The molecule has 2 aromatic rings. The van der Waals surface area contributed by atoms with Crippen LogP contribution in [0.4, 0.5) is 0 Å². The van der Waals surface area contributed by atoms with Gasteiger partial charge in [0.1, 0.15) is 17.4 Å². The molecule has 0 aromatic heterocycles. The summed E-state index contributed by atoms with van der Waals surface area (Å²) in [5.41, 5.74) is 12.9. The average Bonchev–Trinajstić information content (AvgIpc) is 2.55. The smallest absolute Gasteiger partial charge is 0.125 e. The molecule has 0 aliphatic rings. The Labute approximate surface area is 130 Å². The van der Waals surface area contributed by atoms with E-state index in [0.717, 1.165) is 12.0 Å². The molecule has 0 amide bonds. The standard InChI is InChI=1S/C17H20N4O/c18-16(19)14-8-4-9-15(12-14)22-11-5-10-21-17(20)13-6-2-1-3-7-13/h1-4,6-9,12H,5,10-11H2,(H3,18,19)(H2,20,21). The predicted octanol–water partition coefficient (Wildman–Crippen LogP) is 2.15. The molecule has 0 radical (unpaired) electrons. The van der Waals surface area contributed by atoms with Gasteiger partial charge in [-0.25, -0.2) is 0 Å². The third-order valence-electron chi connectivity index (χ3n) is 3.07. The summed E-state index contributed by atoms with van der Waals surface area (Å²) in [6, 6.07) is 16.9. The number of nitrogen functional groups attached to an aromatic ring is 1. The Morgan fingerprint density at radius 3 is 2.45 bits per heavy atom. The van der Waals surface area contributed by atoms with Crippen molar-refractivity contribution in [1.82, 2.24) is 0 Å². The second kappa shape index (κ2) is 7.83. The van der Waals surface area contributed by atoms with Gasteiger partial charge in [-0.15, -0.1) is 0 Å². The predicted molar refractivity (Wildman–Crippen MR) is 89.6 cm³/mol. The molecule has 0 aliphatic heterocycles. The normalized spacial score (nSPS) is 11.2. The van der Waals surface area contributed by atoms with E-state index >= 15 is 0 Å². The van der Waals surface area contributed by atoms with Crippen LogP contribution in [0.5, 0.6) is 5.75 Å². The Morgan fingerprint density at radius 1 is 1.00 bits per heavy atom. The molecule has 2 aromatic carbocycles. The second-order valence-corrected chi connectivity index (χ2v) is 4.78. The zero-order valence-electron chi connectivity index (χ0n) is 12.3. The lowest BCUT2D eigenvalue weighted by molar-refractivity contribution is 0.313.